The fourth-order valence-electron chi connectivity index (χ4n) is 8.45. The van der Waals surface area contributed by atoms with Gasteiger partial charge in [-0.2, -0.15) is 0 Å². The molecule has 0 radical (unpaired) electrons. The zero-order valence-corrected chi connectivity index (χ0v) is 29.9. The maximum absolute atomic E-state index is 6.25. The SMILES string of the molecule is c1ccc(N(c2ccc(-c3cccc4oc5ccccc5c34)cc2)c2ccc(-n3c4ccccc4c4ccccc43)cc2)c(-c2ccc3ccccc3c2)c1. The highest BCUT2D eigenvalue weighted by Crippen LogP contribution is 2.43. The maximum atomic E-state index is 6.25. The minimum absolute atomic E-state index is 0.900. The van der Waals surface area contributed by atoms with Crippen molar-refractivity contribution in [2.24, 2.45) is 0 Å². The average molecular weight is 703 g/mol. The van der Waals surface area contributed by atoms with Gasteiger partial charge >= 0.3 is 0 Å². The number of nitrogens with zero attached hydrogens (tertiary/aromatic N) is 2. The molecule has 0 aliphatic rings. The molecule has 258 valence electrons. The van der Waals surface area contributed by atoms with Crippen molar-refractivity contribution in [3.8, 4) is 27.9 Å². The summed E-state index contributed by atoms with van der Waals surface area (Å²) in [6, 6.07) is 74.0. The normalized spacial score (nSPS) is 11.6. The van der Waals surface area contributed by atoms with Gasteiger partial charge in [0.05, 0.1) is 16.7 Å². The first kappa shape index (κ1) is 31.2. The van der Waals surface area contributed by atoms with Crippen LogP contribution in [0.2, 0.25) is 0 Å². The summed E-state index contributed by atoms with van der Waals surface area (Å²) >= 11 is 0. The number of benzene rings is 9. The molecule has 0 aliphatic carbocycles. The third kappa shape index (κ3) is 5.13. The predicted octanol–water partition coefficient (Wildman–Crippen LogP) is 14.6. The summed E-state index contributed by atoms with van der Waals surface area (Å²) in [5, 5.41) is 7.25. The summed E-state index contributed by atoms with van der Waals surface area (Å²) in [5.41, 5.74) is 13.2. The van der Waals surface area contributed by atoms with Gasteiger partial charge in [0.2, 0.25) is 0 Å². The van der Waals surface area contributed by atoms with Crippen LogP contribution in [0.1, 0.15) is 0 Å². The van der Waals surface area contributed by atoms with Crippen LogP contribution < -0.4 is 4.90 Å². The number of fused-ring (bicyclic) bond motifs is 7. The molecule has 2 heterocycles. The monoisotopic (exact) mass is 702 g/mol. The second-order valence-corrected chi connectivity index (χ2v) is 14.1. The van der Waals surface area contributed by atoms with E-state index in [4.69, 9.17) is 4.42 Å². The second kappa shape index (κ2) is 12.6. The van der Waals surface area contributed by atoms with Crippen molar-refractivity contribution >= 4 is 71.6 Å². The molecule has 3 heteroatoms. The molecule has 0 N–H and O–H groups in total. The summed E-state index contributed by atoms with van der Waals surface area (Å²) in [6.07, 6.45) is 0. The van der Waals surface area contributed by atoms with E-state index in [0.29, 0.717) is 0 Å². The van der Waals surface area contributed by atoms with Gasteiger partial charge in [-0.1, -0.05) is 133 Å². The Morgan fingerprint density at radius 2 is 0.945 bits per heavy atom. The Balaban J connectivity index is 1.07. The third-order valence-electron chi connectivity index (χ3n) is 11.0. The Hall–Kier alpha value is -7.36. The van der Waals surface area contributed by atoms with E-state index in [1.54, 1.807) is 0 Å². The largest absolute Gasteiger partial charge is 0.456 e. The van der Waals surface area contributed by atoms with Crippen LogP contribution in [-0.2, 0) is 0 Å². The summed E-state index contributed by atoms with van der Waals surface area (Å²) in [6.45, 7) is 0. The van der Waals surface area contributed by atoms with Gasteiger partial charge in [-0.25, -0.2) is 0 Å². The van der Waals surface area contributed by atoms with E-state index in [-0.39, 0.29) is 0 Å². The van der Waals surface area contributed by atoms with E-state index in [2.05, 4.69) is 204 Å². The zero-order valence-electron chi connectivity index (χ0n) is 29.9. The fraction of sp³-hybridized carbons (Fsp3) is 0. The van der Waals surface area contributed by atoms with E-state index in [1.807, 2.05) is 12.1 Å². The summed E-state index contributed by atoms with van der Waals surface area (Å²) in [7, 11) is 0. The van der Waals surface area contributed by atoms with E-state index in [9.17, 15) is 0 Å². The molecule has 3 nitrogen and oxygen atoms in total. The molecule has 0 bridgehead atoms. The molecule has 0 saturated carbocycles. The summed E-state index contributed by atoms with van der Waals surface area (Å²) < 4.78 is 8.62. The van der Waals surface area contributed by atoms with Gasteiger partial charge in [0, 0.05) is 44.2 Å². The number of para-hydroxylation sites is 4. The molecule has 0 amide bonds. The lowest BCUT2D eigenvalue weighted by molar-refractivity contribution is 0.669. The molecule has 0 saturated heterocycles. The van der Waals surface area contributed by atoms with Crippen LogP contribution in [0, 0.1) is 0 Å². The second-order valence-electron chi connectivity index (χ2n) is 14.1. The Labute approximate surface area is 318 Å². The van der Waals surface area contributed by atoms with E-state index < -0.39 is 0 Å². The van der Waals surface area contributed by atoms with Crippen molar-refractivity contribution in [1.29, 1.82) is 0 Å². The number of rotatable bonds is 6. The van der Waals surface area contributed by atoms with E-state index in [1.165, 1.54) is 43.7 Å². The number of aromatic nitrogens is 1. The van der Waals surface area contributed by atoms with Crippen LogP contribution in [0.15, 0.2) is 211 Å². The Morgan fingerprint density at radius 3 is 1.71 bits per heavy atom. The zero-order chi connectivity index (χ0) is 36.3. The van der Waals surface area contributed by atoms with E-state index in [0.717, 1.165) is 55.8 Å². The topological polar surface area (TPSA) is 21.3 Å². The lowest BCUT2D eigenvalue weighted by Crippen LogP contribution is -2.11. The highest BCUT2D eigenvalue weighted by molar-refractivity contribution is 6.12. The highest BCUT2D eigenvalue weighted by Gasteiger charge is 2.19. The average Bonchev–Trinajstić information content (AvgIpc) is 3.81. The van der Waals surface area contributed by atoms with Crippen molar-refractivity contribution in [2.45, 2.75) is 0 Å². The smallest absolute Gasteiger partial charge is 0.136 e. The first-order valence-electron chi connectivity index (χ1n) is 18.8. The first-order valence-corrected chi connectivity index (χ1v) is 18.8. The lowest BCUT2D eigenvalue weighted by Gasteiger charge is -2.28. The molecule has 0 aliphatic heterocycles. The molecule has 11 rings (SSSR count). The fourth-order valence-corrected chi connectivity index (χ4v) is 8.45. The number of hydrogen-bond donors (Lipinski definition) is 0. The third-order valence-corrected chi connectivity index (χ3v) is 11.0. The molecule has 11 aromatic rings. The molecule has 2 aromatic heterocycles. The quantitative estimate of drug-likeness (QED) is 0.172. The van der Waals surface area contributed by atoms with Gasteiger partial charge < -0.3 is 13.9 Å². The predicted molar refractivity (Wildman–Crippen MR) is 231 cm³/mol. The number of furan rings is 1. The van der Waals surface area contributed by atoms with Crippen molar-refractivity contribution in [3.63, 3.8) is 0 Å². The van der Waals surface area contributed by atoms with Gasteiger partial charge in [0.1, 0.15) is 11.2 Å². The van der Waals surface area contributed by atoms with Crippen LogP contribution in [0.4, 0.5) is 17.1 Å². The molecule has 0 fully saturated rings. The van der Waals surface area contributed by atoms with Crippen LogP contribution in [0.3, 0.4) is 0 Å². The molecule has 55 heavy (non-hydrogen) atoms. The van der Waals surface area contributed by atoms with Gasteiger partial charge in [0.25, 0.3) is 0 Å². The summed E-state index contributed by atoms with van der Waals surface area (Å²) in [5.74, 6) is 0. The van der Waals surface area contributed by atoms with Crippen LogP contribution in [0.25, 0.3) is 82.5 Å². The maximum Gasteiger partial charge on any atom is 0.136 e. The van der Waals surface area contributed by atoms with Crippen molar-refractivity contribution in [2.75, 3.05) is 4.90 Å². The molecule has 0 spiro atoms. The van der Waals surface area contributed by atoms with Crippen LogP contribution in [-0.4, -0.2) is 4.57 Å². The van der Waals surface area contributed by atoms with Crippen LogP contribution >= 0.6 is 0 Å². The molecular formula is C52H34N2O. The van der Waals surface area contributed by atoms with E-state index >= 15 is 0 Å². The van der Waals surface area contributed by atoms with Crippen molar-refractivity contribution in [1.82, 2.24) is 4.57 Å². The van der Waals surface area contributed by atoms with Gasteiger partial charge in [0.15, 0.2) is 0 Å². The molecule has 9 aromatic carbocycles. The molecule has 0 atom stereocenters. The van der Waals surface area contributed by atoms with Crippen molar-refractivity contribution < 1.29 is 4.42 Å². The molecular weight excluding hydrogens is 669 g/mol. The first-order chi connectivity index (χ1) is 27.3. The number of anilines is 3. The standard InChI is InChI=1S/C52H34N2O/c1-2-13-37-34-38(25-24-35(37)12-1)42-14-3-7-19-47(42)53(39-28-26-36(27-29-39)43-18-11-23-51-52(43)46-17-6-10-22-50(46)55-51)40-30-32-41(33-31-40)54-48-20-8-4-15-44(48)45-16-5-9-21-49(45)54/h1-34H. The Bertz CT molecular complexity index is 3150. The minimum Gasteiger partial charge on any atom is -0.456 e. The van der Waals surface area contributed by atoms with Gasteiger partial charge in [-0.3, -0.25) is 0 Å². The lowest BCUT2D eigenvalue weighted by atomic mass is 9.97. The Kier molecular flexibility index (Phi) is 7.17. The number of hydrogen-bond acceptors (Lipinski definition) is 2. The van der Waals surface area contributed by atoms with Crippen LogP contribution in [0.5, 0.6) is 0 Å². The summed E-state index contributed by atoms with van der Waals surface area (Å²) in [4.78, 5) is 2.39. The van der Waals surface area contributed by atoms with Gasteiger partial charge in [-0.05, 0) is 100 Å². The molecule has 0 unspecified atom stereocenters. The minimum atomic E-state index is 0.900. The van der Waals surface area contributed by atoms with Gasteiger partial charge in [-0.15, -0.1) is 0 Å². The van der Waals surface area contributed by atoms with Crippen molar-refractivity contribution in [3.05, 3.63) is 206 Å². The Morgan fingerprint density at radius 1 is 0.382 bits per heavy atom. The highest BCUT2D eigenvalue weighted by atomic mass is 16.3.